The van der Waals surface area contributed by atoms with E-state index in [4.69, 9.17) is 0 Å². The van der Waals surface area contributed by atoms with Gasteiger partial charge in [-0.1, -0.05) is 0 Å². The van der Waals surface area contributed by atoms with Gasteiger partial charge < -0.3 is 9.80 Å². The average molecular weight is 376 g/mol. The highest BCUT2D eigenvalue weighted by molar-refractivity contribution is 5.38. The lowest BCUT2D eigenvalue weighted by Gasteiger charge is -2.35. The van der Waals surface area contributed by atoms with Crippen LogP contribution in [0.4, 0.5) is 33.8 Å². The van der Waals surface area contributed by atoms with Crippen LogP contribution in [0.15, 0.2) is 23.1 Å². The Bertz CT molecular complexity index is 831. The van der Waals surface area contributed by atoms with Crippen LogP contribution in [0, 0.1) is 0 Å². The summed E-state index contributed by atoms with van der Waals surface area (Å²) < 4.78 is 63.7. The van der Waals surface area contributed by atoms with Crippen LogP contribution < -0.4 is 15.4 Å². The molecule has 0 atom stereocenters. The molecule has 0 aromatic carbocycles. The van der Waals surface area contributed by atoms with Crippen LogP contribution in [0.1, 0.15) is 17.8 Å². The predicted octanol–water partition coefficient (Wildman–Crippen LogP) is 1.84. The molecule has 140 valence electrons. The number of hydrogen-bond acceptors (Lipinski definition) is 6. The van der Waals surface area contributed by atoms with E-state index < -0.39 is 29.5 Å². The molecule has 0 radical (unpaired) electrons. The number of aromatic amines is 1. The van der Waals surface area contributed by atoms with Crippen molar-refractivity contribution in [3.8, 4) is 0 Å². The summed E-state index contributed by atoms with van der Waals surface area (Å²) in [6, 6.07) is 1.51. The van der Waals surface area contributed by atoms with E-state index in [2.05, 4.69) is 19.9 Å². The Balaban J connectivity index is 1.73. The number of H-pyrrole nitrogens is 1. The minimum absolute atomic E-state index is 0.00240. The van der Waals surface area contributed by atoms with Crippen molar-refractivity contribution in [2.45, 2.75) is 12.6 Å². The van der Waals surface area contributed by atoms with Crippen LogP contribution in [0.3, 0.4) is 0 Å². The molecule has 12 heteroatoms. The summed E-state index contributed by atoms with van der Waals surface area (Å²) in [7, 11) is 0. The lowest BCUT2D eigenvalue weighted by Crippen LogP contribution is -2.48. The SMILES string of the molecule is O=c1cc(C(F)F)nc(N2CCN(c3nccc(C(F)(F)F)n3)CC2)[nH]1. The summed E-state index contributed by atoms with van der Waals surface area (Å²) in [6.45, 7) is 0.971. The second kappa shape index (κ2) is 6.84. The number of piperazine rings is 1. The fourth-order valence-electron chi connectivity index (χ4n) is 2.50. The largest absolute Gasteiger partial charge is 0.433 e. The number of halogens is 5. The molecule has 1 fully saturated rings. The Morgan fingerprint density at radius 3 is 2.35 bits per heavy atom. The fourth-order valence-corrected chi connectivity index (χ4v) is 2.50. The van der Waals surface area contributed by atoms with Crippen molar-refractivity contribution in [2.75, 3.05) is 36.0 Å². The summed E-state index contributed by atoms with van der Waals surface area (Å²) in [5.41, 5.74) is -2.37. The number of aromatic nitrogens is 4. The number of nitrogens with zero attached hydrogens (tertiary/aromatic N) is 5. The van der Waals surface area contributed by atoms with E-state index in [9.17, 15) is 26.7 Å². The summed E-state index contributed by atoms with van der Waals surface area (Å²) in [5.74, 6) is -0.0698. The zero-order chi connectivity index (χ0) is 18.9. The molecule has 3 rings (SSSR count). The van der Waals surface area contributed by atoms with Gasteiger partial charge in [0.25, 0.3) is 12.0 Å². The van der Waals surface area contributed by atoms with Crippen LogP contribution >= 0.6 is 0 Å². The van der Waals surface area contributed by atoms with Gasteiger partial charge in [0.1, 0.15) is 11.4 Å². The third-order valence-electron chi connectivity index (χ3n) is 3.77. The maximum atomic E-state index is 12.8. The zero-order valence-corrected chi connectivity index (χ0v) is 13.2. The number of alkyl halides is 5. The molecule has 1 aliphatic heterocycles. The second-order valence-corrected chi connectivity index (χ2v) is 5.51. The highest BCUT2D eigenvalue weighted by Crippen LogP contribution is 2.28. The second-order valence-electron chi connectivity index (χ2n) is 5.51. The topological polar surface area (TPSA) is 78.0 Å². The highest BCUT2D eigenvalue weighted by atomic mass is 19.4. The van der Waals surface area contributed by atoms with Gasteiger partial charge in [-0.2, -0.15) is 13.2 Å². The molecular weight excluding hydrogens is 363 g/mol. The van der Waals surface area contributed by atoms with Crippen molar-refractivity contribution in [3.05, 3.63) is 40.1 Å². The first-order valence-corrected chi connectivity index (χ1v) is 7.53. The Labute approximate surface area is 143 Å². The molecule has 0 aliphatic carbocycles. The van der Waals surface area contributed by atoms with Gasteiger partial charge in [0.05, 0.1) is 0 Å². The Kier molecular flexibility index (Phi) is 4.74. The summed E-state index contributed by atoms with van der Waals surface area (Å²) in [6.07, 6.45) is -6.42. The van der Waals surface area contributed by atoms with Gasteiger partial charge in [0.15, 0.2) is 0 Å². The normalized spacial score (nSPS) is 15.6. The van der Waals surface area contributed by atoms with E-state index in [1.807, 2.05) is 0 Å². The van der Waals surface area contributed by atoms with Gasteiger partial charge in [-0.15, -0.1) is 0 Å². The Morgan fingerprint density at radius 1 is 1.08 bits per heavy atom. The highest BCUT2D eigenvalue weighted by Gasteiger charge is 2.33. The van der Waals surface area contributed by atoms with E-state index >= 15 is 0 Å². The van der Waals surface area contributed by atoms with Crippen LogP contribution in [0.2, 0.25) is 0 Å². The Hall–Kier alpha value is -2.79. The molecule has 7 nitrogen and oxygen atoms in total. The van der Waals surface area contributed by atoms with E-state index in [-0.39, 0.29) is 38.1 Å². The molecular formula is C14H13F5N6O. The first kappa shape index (κ1) is 18.0. The Morgan fingerprint density at radius 2 is 1.73 bits per heavy atom. The van der Waals surface area contributed by atoms with Crippen LogP contribution in [-0.4, -0.2) is 46.1 Å². The minimum atomic E-state index is -4.57. The maximum absolute atomic E-state index is 12.8. The first-order chi connectivity index (χ1) is 12.2. The zero-order valence-electron chi connectivity index (χ0n) is 13.2. The van der Waals surface area contributed by atoms with Gasteiger partial charge in [-0.25, -0.2) is 23.7 Å². The molecule has 0 amide bonds. The van der Waals surface area contributed by atoms with Crippen LogP contribution in [-0.2, 0) is 6.18 Å². The van der Waals surface area contributed by atoms with Crippen molar-refractivity contribution in [1.82, 2.24) is 19.9 Å². The van der Waals surface area contributed by atoms with E-state index in [1.165, 1.54) is 0 Å². The smallest absolute Gasteiger partial charge is 0.339 e. The number of hydrogen-bond donors (Lipinski definition) is 1. The van der Waals surface area contributed by atoms with E-state index in [0.717, 1.165) is 18.3 Å². The predicted molar refractivity (Wildman–Crippen MR) is 81.3 cm³/mol. The molecule has 1 saturated heterocycles. The molecule has 0 saturated carbocycles. The van der Waals surface area contributed by atoms with Crippen molar-refractivity contribution >= 4 is 11.9 Å². The van der Waals surface area contributed by atoms with Crippen molar-refractivity contribution in [3.63, 3.8) is 0 Å². The molecule has 2 aromatic rings. The molecule has 3 heterocycles. The lowest BCUT2D eigenvalue weighted by atomic mass is 10.3. The van der Waals surface area contributed by atoms with Gasteiger partial charge in [0.2, 0.25) is 11.9 Å². The van der Waals surface area contributed by atoms with Gasteiger partial charge >= 0.3 is 6.18 Å². The van der Waals surface area contributed by atoms with Gasteiger partial charge in [-0.05, 0) is 6.07 Å². The van der Waals surface area contributed by atoms with Gasteiger partial charge in [0, 0.05) is 38.4 Å². The van der Waals surface area contributed by atoms with Crippen molar-refractivity contribution in [2.24, 2.45) is 0 Å². The summed E-state index contributed by atoms with van der Waals surface area (Å²) >= 11 is 0. The third kappa shape index (κ3) is 3.89. The molecule has 1 N–H and O–H groups in total. The number of nitrogens with one attached hydrogen (secondary N) is 1. The molecule has 0 bridgehead atoms. The molecule has 0 spiro atoms. The van der Waals surface area contributed by atoms with Gasteiger partial charge in [-0.3, -0.25) is 9.78 Å². The van der Waals surface area contributed by atoms with Crippen LogP contribution in [0.5, 0.6) is 0 Å². The standard InChI is InChI=1S/C14H13F5N6O/c15-11(16)8-7-10(26)23-13(21-8)25-5-3-24(4-6-25)12-20-2-1-9(22-12)14(17,18)19/h1-2,7,11H,3-6H2,(H,21,23,26). The lowest BCUT2D eigenvalue weighted by molar-refractivity contribution is -0.141. The first-order valence-electron chi connectivity index (χ1n) is 7.53. The molecule has 2 aromatic heterocycles. The van der Waals surface area contributed by atoms with Crippen molar-refractivity contribution in [1.29, 1.82) is 0 Å². The molecule has 1 aliphatic rings. The minimum Gasteiger partial charge on any atom is -0.339 e. The quantitative estimate of drug-likeness (QED) is 0.824. The molecule has 0 unspecified atom stereocenters. The third-order valence-corrected chi connectivity index (χ3v) is 3.77. The number of anilines is 2. The van der Waals surface area contributed by atoms with E-state index in [0.29, 0.717) is 0 Å². The van der Waals surface area contributed by atoms with E-state index in [1.54, 1.807) is 9.80 Å². The van der Waals surface area contributed by atoms with Crippen LogP contribution in [0.25, 0.3) is 0 Å². The number of rotatable bonds is 3. The summed E-state index contributed by atoms with van der Waals surface area (Å²) in [5, 5.41) is 0. The molecule has 26 heavy (non-hydrogen) atoms. The fraction of sp³-hybridized carbons (Fsp3) is 0.429. The average Bonchev–Trinajstić information content (AvgIpc) is 2.61. The monoisotopic (exact) mass is 376 g/mol. The summed E-state index contributed by atoms with van der Waals surface area (Å²) in [4.78, 5) is 28.1. The maximum Gasteiger partial charge on any atom is 0.433 e. The van der Waals surface area contributed by atoms with Crippen molar-refractivity contribution < 1.29 is 22.0 Å².